The van der Waals surface area contributed by atoms with E-state index in [0.29, 0.717) is 22.1 Å². The van der Waals surface area contributed by atoms with E-state index >= 15 is 0 Å². The monoisotopic (exact) mass is 588 g/mol. The molecule has 1 saturated carbocycles. The number of nitrogens with one attached hydrogen (secondary N) is 1. The number of fused-ring (bicyclic) bond motifs is 4. The summed E-state index contributed by atoms with van der Waals surface area (Å²) in [5, 5.41) is 3.18. The smallest absolute Gasteiger partial charge is 0.383 e. The number of likely N-dealkylation sites (tertiary alicyclic amines) is 1. The highest BCUT2D eigenvalue weighted by molar-refractivity contribution is 9.10. The van der Waals surface area contributed by atoms with Gasteiger partial charge in [-0.2, -0.15) is 13.2 Å². The molecular formula is C24H20BrF3N8O2. The topological polar surface area (TPSA) is 132 Å². The fraction of sp³-hybridized carbons (Fsp3) is 0.333. The number of carbonyl (C=O) groups is 2. The number of nitrogens with zero attached hydrogens (tertiary/aromatic N) is 6. The number of piperidine rings is 1. The molecule has 1 unspecified atom stereocenters. The van der Waals surface area contributed by atoms with E-state index in [2.05, 4.69) is 41.2 Å². The molecule has 38 heavy (non-hydrogen) atoms. The Kier molecular flexibility index (Phi) is 5.56. The van der Waals surface area contributed by atoms with Crippen LogP contribution >= 0.6 is 15.9 Å². The molecule has 196 valence electrons. The lowest BCUT2D eigenvalue weighted by Gasteiger charge is -2.27. The average molecular weight is 589 g/mol. The van der Waals surface area contributed by atoms with Gasteiger partial charge in [-0.05, 0) is 59.3 Å². The van der Waals surface area contributed by atoms with Gasteiger partial charge < -0.3 is 20.5 Å². The summed E-state index contributed by atoms with van der Waals surface area (Å²) in [6.07, 6.45) is 0.841. The van der Waals surface area contributed by atoms with Crippen molar-refractivity contribution in [2.24, 2.45) is 5.92 Å². The van der Waals surface area contributed by atoms with Gasteiger partial charge in [0.25, 0.3) is 0 Å². The first-order chi connectivity index (χ1) is 18.0. The number of nitrogens with two attached hydrogens (primary N) is 1. The number of hydrogen-bond acceptors (Lipinski definition) is 7. The predicted octanol–water partition coefficient (Wildman–Crippen LogP) is 3.67. The summed E-state index contributed by atoms with van der Waals surface area (Å²) in [7, 11) is 0. The lowest BCUT2D eigenvalue weighted by molar-refractivity contribution is -0.138. The summed E-state index contributed by atoms with van der Waals surface area (Å²) in [4.78, 5) is 44.8. The molecule has 1 saturated heterocycles. The molecule has 4 aromatic rings. The molecule has 2 amide bonds. The average Bonchev–Trinajstić information content (AvgIpc) is 3.38. The minimum Gasteiger partial charge on any atom is -0.383 e. The first-order valence-corrected chi connectivity index (χ1v) is 12.5. The van der Waals surface area contributed by atoms with Crippen LogP contribution in [-0.4, -0.2) is 53.3 Å². The van der Waals surface area contributed by atoms with Gasteiger partial charge in [-0.1, -0.05) is 0 Å². The third-order valence-corrected chi connectivity index (χ3v) is 7.51. The van der Waals surface area contributed by atoms with Crippen molar-refractivity contribution in [2.75, 3.05) is 11.1 Å². The largest absolute Gasteiger partial charge is 0.416 e. The fourth-order valence-electron chi connectivity index (χ4n) is 5.48. The van der Waals surface area contributed by atoms with Crippen molar-refractivity contribution in [1.82, 2.24) is 29.4 Å². The molecular weight excluding hydrogens is 569 g/mol. The number of halogens is 4. The Bertz CT molecular complexity index is 1640. The quantitative estimate of drug-likeness (QED) is 0.371. The number of amides is 2. The zero-order valence-corrected chi connectivity index (χ0v) is 21.4. The van der Waals surface area contributed by atoms with Gasteiger partial charge in [-0.15, -0.1) is 0 Å². The molecule has 2 fully saturated rings. The van der Waals surface area contributed by atoms with Crippen molar-refractivity contribution in [3.8, 4) is 0 Å². The Morgan fingerprint density at radius 3 is 2.74 bits per heavy atom. The molecule has 0 spiro atoms. The normalized spacial score (nSPS) is 20.7. The van der Waals surface area contributed by atoms with E-state index < -0.39 is 17.8 Å². The summed E-state index contributed by atoms with van der Waals surface area (Å²) < 4.78 is 42.8. The van der Waals surface area contributed by atoms with Crippen LogP contribution in [0.2, 0.25) is 0 Å². The molecule has 0 radical (unpaired) electrons. The minimum atomic E-state index is -4.57. The summed E-state index contributed by atoms with van der Waals surface area (Å²) in [6, 6.07) is 1.26. The lowest BCUT2D eigenvalue weighted by atomic mass is 10.1. The van der Waals surface area contributed by atoms with Gasteiger partial charge in [-0.25, -0.2) is 15.0 Å². The number of nitrogen functional groups attached to an aromatic ring is 1. The third kappa shape index (κ3) is 4.03. The van der Waals surface area contributed by atoms with Crippen molar-refractivity contribution in [1.29, 1.82) is 0 Å². The summed E-state index contributed by atoms with van der Waals surface area (Å²) in [5.41, 5.74) is 6.21. The van der Waals surface area contributed by atoms with Crippen LogP contribution < -0.4 is 11.1 Å². The molecule has 10 nitrogen and oxygen atoms in total. The Morgan fingerprint density at radius 1 is 1.21 bits per heavy atom. The van der Waals surface area contributed by atoms with Crippen LogP contribution in [0.25, 0.3) is 21.9 Å². The van der Waals surface area contributed by atoms with E-state index in [-0.39, 0.29) is 58.4 Å². The van der Waals surface area contributed by atoms with E-state index in [1.807, 2.05) is 0 Å². The third-order valence-electron chi connectivity index (χ3n) is 7.12. The molecule has 1 aliphatic heterocycles. The lowest BCUT2D eigenvalue weighted by Crippen LogP contribution is -2.46. The molecule has 4 heterocycles. The van der Waals surface area contributed by atoms with Crippen LogP contribution in [-0.2, 0) is 22.3 Å². The van der Waals surface area contributed by atoms with Gasteiger partial charge in [0.05, 0.1) is 28.9 Å². The van der Waals surface area contributed by atoms with Gasteiger partial charge in [-0.3, -0.25) is 14.6 Å². The number of benzene rings is 1. The van der Waals surface area contributed by atoms with E-state index in [0.717, 1.165) is 18.6 Å². The zero-order chi connectivity index (χ0) is 26.9. The standard InChI is InChI=1S/C24H20BrF3N8O2/c1-10-2-12(24(26,27)28)5-13-19-21(29)31-9-32-22(19)35(20(10)13)8-18(37)36-14-3-11(14)4-15(36)23(38)34-17-7-30-6-16(25)33-17/h2,5-7,9,11,14-15H,3-4,8H2,1H3,(H2,29,31,32)(H,33,34,38)/t11?,14-,15+/m1/s1. The molecule has 2 aliphatic rings. The van der Waals surface area contributed by atoms with Crippen molar-refractivity contribution in [3.63, 3.8) is 0 Å². The van der Waals surface area contributed by atoms with Crippen molar-refractivity contribution in [2.45, 2.75) is 44.6 Å². The molecule has 1 aromatic carbocycles. The Morgan fingerprint density at radius 2 is 2.00 bits per heavy atom. The van der Waals surface area contributed by atoms with Crippen molar-refractivity contribution >= 4 is 61.3 Å². The second kappa shape index (κ2) is 8.61. The maximum atomic E-state index is 13.7. The van der Waals surface area contributed by atoms with Crippen LogP contribution in [0.3, 0.4) is 0 Å². The van der Waals surface area contributed by atoms with Crippen molar-refractivity contribution in [3.05, 3.63) is 46.6 Å². The van der Waals surface area contributed by atoms with Gasteiger partial charge in [0.15, 0.2) is 5.82 Å². The fourth-order valence-corrected chi connectivity index (χ4v) is 5.79. The highest BCUT2D eigenvalue weighted by Gasteiger charge is 2.56. The van der Waals surface area contributed by atoms with Crippen LogP contribution in [0.4, 0.5) is 24.8 Å². The molecule has 3 atom stereocenters. The van der Waals surface area contributed by atoms with E-state index in [4.69, 9.17) is 5.73 Å². The van der Waals surface area contributed by atoms with Crippen LogP contribution in [0, 0.1) is 12.8 Å². The highest BCUT2D eigenvalue weighted by atomic mass is 79.9. The minimum absolute atomic E-state index is 0.0146. The van der Waals surface area contributed by atoms with Crippen LogP contribution in [0.5, 0.6) is 0 Å². The number of hydrogen-bond donors (Lipinski definition) is 2. The first kappa shape index (κ1) is 24.5. The predicted molar refractivity (Wildman–Crippen MR) is 135 cm³/mol. The second-order valence-corrected chi connectivity index (χ2v) is 10.4. The van der Waals surface area contributed by atoms with E-state index in [9.17, 15) is 22.8 Å². The van der Waals surface area contributed by atoms with Crippen LogP contribution in [0.15, 0.2) is 35.5 Å². The number of rotatable bonds is 4. The zero-order valence-electron chi connectivity index (χ0n) is 19.8. The van der Waals surface area contributed by atoms with Gasteiger partial charge >= 0.3 is 6.18 Å². The molecule has 0 bridgehead atoms. The van der Waals surface area contributed by atoms with Gasteiger partial charge in [0.1, 0.15) is 35.0 Å². The summed E-state index contributed by atoms with van der Waals surface area (Å²) in [5.74, 6) is -0.234. The van der Waals surface area contributed by atoms with E-state index in [1.165, 1.54) is 18.7 Å². The molecule has 1 aliphatic carbocycles. The number of aryl methyl sites for hydroxylation is 1. The number of carbonyl (C=O) groups excluding carboxylic acids is 2. The Labute approximate surface area is 221 Å². The second-order valence-electron chi connectivity index (χ2n) is 9.56. The first-order valence-electron chi connectivity index (χ1n) is 11.7. The summed E-state index contributed by atoms with van der Waals surface area (Å²) >= 11 is 3.21. The summed E-state index contributed by atoms with van der Waals surface area (Å²) in [6.45, 7) is 1.31. The molecule has 6 rings (SSSR count). The molecule has 3 aromatic heterocycles. The van der Waals surface area contributed by atoms with Crippen molar-refractivity contribution < 1.29 is 22.8 Å². The van der Waals surface area contributed by atoms with Crippen LogP contribution in [0.1, 0.15) is 24.0 Å². The van der Waals surface area contributed by atoms with Gasteiger partial charge in [0.2, 0.25) is 11.8 Å². The number of anilines is 2. The highest BCUT2D eigenvalue weighted by Crippen LogP contribution is 2.48. The maximum Gasteiger partial charge on any atom is 0.416 e. The SMILES string of the molecule is Cc1cc(C(F)(F)F)cc2c3c(N)ncnc3n(CC(=O)N3[C@@H]4CC4C[C@H]3C(=O)Nc3cncc(Br)n3)c12. The number of aromatic nitrogens is 5. The number of alkyl halides is 3. The maximum absolute atomic E-state index is 13.7. The Hall–Kier alpha value is -3.81. The van der Waals surface area contributed by atoms with E-state index in [1.54, 1.807) is 16.4 Å². The molecule has 14 heteroatoms. The van der Waals surface area contributed by atoms with Gasteiger partial charge in [0, 0.05) is 11.4 Å². The molecule has 3 N–H and O–H groups in total. The Balaban J connectivity index is 1.37.